The van der Waals surface area contributed by atoms with Crippen LogP contribution in [0.2, 0.25) is 0 Å². The summed E-state index contributed by atoms with van der Waals surface area (Å²) in [5.74, 6) is -0.417. The second-order valence-electron chi connectivity index (χ2n) is 6.70. The minimum atomic E-state index is -0.417. The zero-order valence-corrected chi connectivity index (χ0v) is 16.0. The molecule has 1 atom stereocenters. The number of methoxy groups -OCH3 is 1. The number of carbonyl (C=O) groups is 2. The number of esters is 1. The minimum Gasteiger partial charge on any atom is -0.465 e. The van der Waals surface area contributed by atoms with Crippen molar-refractivity contribution < 1.29 is 14.3 Å². The van der Waals surface area contributed by atoms with Gasteiger partial charge in [-0.15, -0.1) is 0 Å². The van der Waals surface area contributed by atoms with Crippen molar-refractivity contribution in [2.24, 2.45) is 7.05 Å². The van der Waals surface area contributed by atoms with Crippen molar-refractivity contribution in [2.45, 2.75) is 33.4 Å². The van der Waals surface area contributed by atoms with Gasteiger partial charge in [-0.3, -0.25) is 9.58 Å². The van der Waals surface area contributed by atoms with E-state index in [0.29, 0.717) is 12.1 Å². The number of aromatic nitrogens is 2. The lowest BCUT2D eigenvalue weighted by atomic mass is 9.98. The Balaban J connectivity index is 2.11. The number of rotatable bonds is 3. The van der Waals surface area contributed by atoms with E-state index >= 15 is 0 Å². The van der Waals surface area contributed by atoms with Gasteiger partial charge in [0.2, 0.25) is 0 Å². The number of hydrogen-bond acceptors (Lipinski definition) is 4. The van der Waals surface area contributed by atoms with Crippen LogP contribution in [0.3, 0.4) is 0 Å². The topological polar surface area (TPSA) is 67.7 Å². The predicted octanol–water partition coefficient (Wildman–Crippen LogP) is 2.96. The lowest BCUT2D eigenvalue weighted by Gasteiger charge is -2.39. The number of anilines is 1. The first-order valence-electron chi connectivity index (χ1n) is 8.52. The van der Waals surface area contributed by atoms with Crippen LogP contribution in [0.4, 0.5) is 10.5 Å². The Bertz CT molecular complexity index is 887. The van der Waals surface area contributed by atoms with Crippen LogP contribution in [0, 0.1) is 13.8 Å². The molecule has 7 heteroatoms. The maximum absolute atomic E-state index is 13.0. The van der Waals surface area contributed by atoms with Gasteiger partial charge in [0.15, 0.2) is 0 Å². The maximum atomic E-state index is 13.0. The molecule has 0 spiro atoms. The van der Waals surface area contributed by atoms with E-state index in [-0.39, 0.29) is 12.1 Å². The highest BCUT2D eigenvalue weighted by molar-refractivity contribution is 5.98. The number of nitrogens with zero attached hydrogens (tertiary/aromatic N) is 4. The van der Waals surface area contributed by atoms with Gasteiger partial charge in [-0.25, -0.2) is 9.59 Å². The van der Waals surface area contributed by atoms with Crippen LogP contribution in [0.25, 0.3) is 0 Å². The van der Waals surface area contributed by atoms with Crippen LogP contribution in [0.1, 0.15) is 45.8 Å². The Labute approximate surface area is 153 Å². The van der Waals surface area contributed by atoms with Crippen LogP contribution in [-0.4, -0.2) is 40.8 Å². The standard InChI is InChI=1S/C19H24N4O3/c1-11-12(2)20-22(5)17(11)10-23-16-9-14(18(24)26-6)7-8-15(16)13(3)21(4)19(23)25/h7-9,13H,10H2,1-6H3/t13-/m0/s1. The third kappa shape index (κ3) is 2.73. The summed E-state index contributed by atoms with van der Waals surface area (Å²) in [6.07, 6.45) is 0. The highest BCUT2D eigenvalue weighted by Gasteiger charge is 2.34. The monoisotopic (exact) mass is 356 g/mol. The fraction of sp³-hybridized carbons (Fsp3) is 0.421. The lowest BCUT2D eigenvalue weighted by molar-refractivity contribution is 0.0600. The van der Waals surface area contributed by atoms with Gasteiger partial charge in [0, 0.05) is 14.1 Å². The van der Waals surface area contributed by atoms with Crippen LogP contribution < -0.4 is 4.90 Å². The quantitative estimate of drug-likeness (QED) is 0.793. The molecule has 138 valence electrons. The molecule has 1 aliphatic heterocycles. The van der Waals surface area contributed by atoms with E-state index in [4.69, 9.17) is 4.74 Å². The molecular weight excluding hydrogens is 332 g/mol. The Morgan fingerprint density at radius 2 is 1.96 bits per heavy atom. The summed E-state index contributed by atoms with van der Waals surface area (Å²) in [5.41, 5.74) is 5.13. The van der Waals surface area contributed by atoms with E-state index in [1.54, 1.807) is 33.7 Å². The highest BCUT2D eigenvalue weighted by Crippen LogP contribution is 2.37. The van der Waals surface area contributed by atoms with E-state index in [1.165, 1.54) is 7.11 Å². The number of hydrogen-bond donors (Lipinski definition) is 0. The fourth-order valence-corrected chi connectivity index (χ4v) is 3.38. The second-order valence-corrected chi connectivity index (χ2v) is 6.70. The van der Waals surface area contributed by atoms with Crippen molar-refractivity contribution in [3.63, 3.8) is 0 Å². The second kappa shape index (κ2) is 6.48. The molecule has 0 saturated heterocycles. The molecule has 2 heterocycles. The first-order valence-corrected chi connectivity index (χ1v) is 8.52. The third-order valence-corrected chi connectivity index (χ3v) is 5.28. The van der Waals surface area contributed by atoms with Crippen molar-refractivity contribution in [1.29, 1.82) is 0 Å². The molecule has 7 nitrogen and oxygen atoms in total. The minimum absolute atomic E-state index is 0.0742. The number of amides is 2. The maximum Gasteiger partial charge on any atom is 0.337 e. The number of fused-ring (bicyclic) bond motifs is 1. The number of benzene rings is 1. The first kappa shape index (κ1) is 18.0. The number of urea groups is 1. The summed E-state index contributed by atoms with van der Waals surface area (Å²) in [4.78, 5) is 28.3. The van der Waals surface area contributed by atoms with Crippen LogP contribution in [-0.2, 0) is 18.3 Å². The van der Waals surface area contributed by atoms with Crippen molar-refractivity contribution in [3.8, 4) is 0 Å². The molecule has 26 heavy (non-hydrogen) atoms. The summed E-state index contributed by atoms with van der Waals surface area (Å²) in [6.45, 7) is 6.32. The Hall–Kier alpha value is -2.83. The SMILES string of the molecule is COC(=O)c1ccc2c(c1)N(Cc1c(C)c(C)nn1C)C(=O)N(C)[C@H]2C. The van der Waals surface area contributed by atoms with E-state index in [9.17, 15) is 9.59 Å². The molecule has 0 fully saturated rings. The molecule has 0 saturated carbocycles. The summed E-state index contributed by atoms with van der Waals surface area (Å²) in [7, 11) is 5.02. The normalized spacial score (nSPS) is 16.7. The van der Waals surface area contributed by atoms with Gasteiger partial charge >= 0.3 is 12.0 Å². The van der Waals surface area contributed by atoms with E-state index in [2.05, 4.69) is 5.10 Å². The molecule has 0 aliphatic carbocycles. The van der Waals surface area contributed by atoms with E-state index < -0.39 is 5.97 Å². The molecule has 0 bridgehead atoms. The van der Waals surface area contributed by atoms with Gasteiger partial charge in [0.1, 0.15) is 0 Å². The molecule has 0 unspecified atom stereocenters. The van der Waals surface area contributed by atoms with Crippen molar-refractivity contribution in [2.75, 3.05) is 19.1 Å². The molecular formula is C19H24N4O3. The largest absolute Gasteiger partial charge is 0.465 e. The highest BCUT2D eigenvalue weighted by atomic mass is 16.5. The van der Waals surface area contributed by atoms with Crippen LogP contribution >= 0.6 is 0 Å². The Kier molecular flexibility index (Phi) is 4.48. The van der Waals surface area contributed by atoms with Gasteiger partial charge in [-0.1, -0.05) is 6.07 Å². The number of ether oxygens (including phenoxy) is 1. The molecule has 1 aromatic heterocycles. The summed E-state index contributed by atoms with van der Waals surface area (Å²) in [6, 6.07) is 5.19. The number of carbonyl (C=O) groups excluding carboxylic acids is 2. The van der Waals surface area contributed by atoms with E-state index in [1.807, 2.05) is 33.9 Å². The van der Waals surface area contributed by atoms with Crippen molar-refractivity contribution in [1.82, 2.24) is 14.7 Å². The fourth-order valence-electron chi connectivity index (χ4n) is 3.38. The predicted molar refractivity (Wildman–Crippen MR) is 98.2 cm³/mol. The van der Waals surface area contributed by atoms with Crippen LogP contribution in [0.5, 0.6) is 0 Å². The van der Waals surface area contributed by atoms with Crippen molar-refractivity contribution >= 4 is 17.7 Å². The van der Waals surface area contributed by atoms with Gasteiger partial charge in [0.25, 0.3) is 0 Å². The third-order valence-electron chi connectivity index (χ3n) is 5.28. The average Bonchev–Trinajstić information content (AvgIpc) is 2.87. The zero-order chi connectivity index (χ0) is 19.2. The molecule has 2 amide bonds. The Morgan fingerprint density at radius 3 is 2.54 bits per heavy atom. The first-order chi connectivity index (χ1) is 12.3. The summed E-state index contributed by atoms with van der Waals surface area (Å²) >= 11 is 0. The average molecular weight is 356 g/mol. The van der Waals surface area contributed by atoms with Gasteiger partial charge in [0.05, 0.1) is 42.3 Å². The summed E-state index contributed by atoms with van der Waals surface area (Å²) in [5, 5.41) is 4.44. The molecule has 1 aliphatic rings. The van der Waals surface area contributed by atoms with Crippen molar-refractivity contribution in [3.05, 3.63) is 46.3 Å². The molecule has 3 rings (SSSR count). The lowest BCUT2D eigenvalue weighted by Crippen LogP contribution is -2.47. The molecule has 1 aromatic carbocycles. The van der Waals surface area contributed by atoms with Gasteiger partial charge in [-0.2, -0.15) is 5.10 Å². The van der Waals surface area contributed by atoms with Gasteiger partial charge in [-0.05, 0) is 44.0 Å². The molecule has 0 N–H and O–H groups in total. The zero-order valence-electron chi connectivity index (χ0n) is 16.0. The van der Waals surface area contributed by atoms with E-state index in [0.717, 1.165) is 28.2 Å². The molecule has 2 aromatic rings. The Morgan fingerprint density at radius 1 is 1.27 bits per heavy atom. The number of aryl methyl sites for hydroxylation is 2. The van der Waals surface area contributed by atoms with Crippen LogP contribution in [0.15, 0.2) is 18.2 Å². The molecule has 0 radical (unpaired) electrons. The van der Waals surface area contributed by atoms with Gasteiger partial charge < -0.3 is 9.64 Å². The smallest absolute Gasteiger partial charge is 0.337 e. The summed E-state index contributed by atoms with van der Waals surface area (Å²) < 4.78 is 6.64.